The zero-order chi connectivity index (χ0) is 36.7. The van der Waals surface area contributed by atoms with Gasteiger partial charge in [-0.25, -0.2) is 0 Å². The second-order valence-corrected chi connectivity index (χ2v) is 12.5. The van der Waals surface area contributed by atoms with Gasteiger partial charge in [0, 0.05) is 12.8 Å². The Bertz CT molecular complexity index is 668. The summed E-state index contributed by atoms with van der Waals surface area (Å²) < 4.78 is 0. The Morgan fingerprint density at radius 3 is 0.938 bits per heavy atom. The summed E-state index contributed by atoms with van der Waals surface area (Å²) >= 11 is 0. The fourth-order valence-electron chi connectivity index (χ4n) is 4.66. The maximum atomic E-state index is 10.3. The van der Waals surface area contributed by atoms with Crippen LogP contribution in [0.4, 0.5) is 0 Å². The molecule has 0 aliphatic rings. The van der Waals surface area contributed by atoms with E-state index in [9.17, 15) is 9.59 Å². The Hall–Kier alpha value is -1.82. The van der Waals surface area contributed by atoms with Crippen molar-refractivity contribution in [3.8, 4) is 0 Å². The standard InChI is InChI=1S/2C16H30O2.C6H14O6/c2*1-2-3-4-5-6-7-8-9-10-11-12-13-14-15-16(17)18;7-1-3(9)5(11)6(12)4(10)2-8/h2*7-8H,2-6,9-15H2,1H3,(H,17,18);3-12H,1-2H2/b2*8-7-;/t;;3-,4+,5-,6-/m..1/s1. The largest absolute Gasteiger partial charge is 0.481 e. The van der Waals surface area contributed by atoms with Gasteiger partial charge in [0.1, 0.15) is 24.4 Å². The van der Waals surface area contributed by atoms with Gasteiger partial charge in [-0.15, -0.1) is 0 Å². The van der Waals surface area contributed by atoms with Gasteiger partial charge in [-0.05, 0) is 64.2 Å². The molecular formula is C38H74O10. The molecule has 0 fully saturated rings. The summed E-state index contributed by atoms with van der Waals surface area (Å²) in [6.45, 7) is 3.03. The summed E-state index contributed by atoms with van der Waals surface area (Å²) in [6.07, 6.45) is 30.2. The minimum atomic E-state index is -1.67. The Morgan fingerprint density at radius 2 is 0.688 bits per heavy atom. The molecule has 48 heavy (non-hydrogen) atoms. The van der Waals surface area contributed by atoms with E-state index in [1.54, 1.807) is 0 Å². The average Bonchev–Trinajstić information content (AvgIpc) is 3.07. The third kappa shape index (κ3) is 42.2. The topological polar surface area (TPSA) is 196 Å². The SMILES string of the molecule is CCCCCC/C=C\CCCCCCCC(=O)O.CCCCCC/C=C\CCCCCCCC(=O)O.OC[C@@H](O)[C@@H](O)[C@H](O)[C@@H](O)CO. The lowest BCUT2D eigenvalue weighted by Gasteiger charge is -2.24. The first-order valence-corrected chi connectivity index (χ1v) is 18.8. The lowest BCUT2D eigenvalue weighted by molar-refractivity contribution is -0.138. The van der Waals surface area contributed by atoms with E-state index in [-0.39, 0.29) is 0 Å². The number of aliphatic hydroxyl groups is 6. The molecular weight excluding hydrogens is 616 g/mol. The number of carbonyl (C=O) groups is 2. The van der Waals surface area contributed by atoms with Crippen molar-refractivity contribution >= 4 is 11.9 Å². The number of allylic oxidation sites excluding steroid dienone is 4. The van der Waals surface area contributed by atoms with Crippen LogP contribution in [0, 0.1) is 0 Å². The molecule has 0 unspecified atom stereocenters. The Balaban J connectivity index is -0.000000647. The molecule has 0 aromatic carbocycles. The van der Waals surface area contributed by atoms with Gasteiger partial charge < -0.3 is 40.9 Å². The highest BCUT2D eigenvalue weighted by atomic mass is 16.4. The second-order valence-electron chi connectivity index (χ2n) is 12.5. The first-order valence-electron chi connectivity index (χ1n) is 18.8. The third-order valence-electron chi connectivity index (χ3n) is 7.82. The zero-order valence-corrected chi connectivity index (χ0v) is 30.4. The van der Waals surface area contributed by atoms with E-state index in [0.717, 1.165) is 25.7 Å². The van der Waals surface area contributed by atoms with Gasteiger partial charge in [-0.3, -0.25) is 9.59 Å². The fraction of sp³-hybridized carbons (Fsp3) is 0.842. The minimum Gasteiger partial charge on any atom is -0.481 e. The molecule has 0 radical (unpaired) electrons. The van der Waals surface area contributed by atoms with Crippen LogP contribution in [0.5, 0.6) is 0 Å². The predicted molar refractivity (Wildman–Crippen MR) is 194 cm³/mol. The second kappa shape index (κ2) is 41.4. The van der Waals surface area contributed by atoms with E-state index in [2.05, 4.69) is 38.2 Å². The summed E-state index contributed by atoms with van der Waals surface area (Å²) in [5.41, 5.74) is 0. The van der Waals surface area contributed by atoms with Crippen LogP contribution in [0.15, 0.2) is 24.3 Å². The summed E-state index contributed by atoms with van der Waals surface area (Å²) in [5.74, 6) is -1.33. The number of hydrogen-bond acceptors (Lipinski definition) is 8. The molecule has 0 aromatic rings. The van der Waals surface area contributed by atoms with E-state index >= 15 is 0 Å². The van der Waals surface area contributed by atoms with E-state index in [1.165, 1.54) is 116 Å². The fourth-order valence-corrected chi connectivity index (χ4v) is 4.66. The minimum absolute atomic E-state index is 0.331. The van der Waals surface area contributed by atoms with Gasteiger partial charge in [0.05, 0.1) is 13.2 Å². The average molecular weight is 691 g/mol. The van der Waals surface area contributed by atoms with Crippen molar-refractivity contribution in [2.45, 2.75) is 192 Å². The van der Waals surface area contributed by atoms with Crippen LogP contribution in [0.1, 0.15) is 168 Å². The molecule has 0 amide bonds. The summed E-state index contributed by atoms with van der Waals surface area (Å²) in [7, 11) is 0. The van der Waals surface area contributed by atoms with Crippen LogP contribution in [-0.2, 0) is 9.59 Å². The van der Waals surface area contributed by atoms with Gasteiger partial charge in [-0.1, -0.05) is 115 Å². The highest BCUT2D eigenvalue weighted by Gasteiger charge is 2.29. The van der Waals surface area contributed by atoms with E-state index in [4.69, 9.17) is 40.9 Å². The third-order valence-corrected chi connectivity index (χ3v) is 7.82. The number of unbranched alkanes of at least 4 members (excludes halogenated alkanes) is 18. The maximum Gasteiger partial charge on any atom is 0.303 e. The van der Waals surface area contributed by atoms with Crippen molar-refractivity contribution < 1.29 is 50.4 Å². The molecule has 286 valence electrons. The van der Waals surface area contributed by atoms with Crippen molar-refractivity contribution in [3.63, 3.8) is 0 Å². The summed E-state index contributed by atoms with van der Waals surface area (Å²) in [6, 6.07) is 0. The zero-order valence-electron chi connectivity index (χ0n) is 30.4. The van der Waals surface area contributed by atoms with Crippen molar-refractivity contribution in [2.75, 3.05) is 13.2 Å². The maximum absolute atomic E-state index is 10.3. The van der Waals surface area contributed by atoms with Crippen LogP contribution in [0.25, 0.3) is 0 Å². The molecule has 0 saturated carbocycles. The van der Waals surface area contributed by atoms with Crippen molar-refractivity contribution in [1.82, 2.24) is 0 Å². The monoisotopic (exact) mass is 691 g/mol. The van der Waals surface area contributed by atoms with E-state index in [0.29, 0.717) is 12.8 Å². The lowest BCUT2D eigenvalue weighted by atomic mass is 10.0. The number of rotatable bonds is 31. The summed E-state index contributed by atoms with van der Waals surface area (Å²) in [4.78, 5) is 20.6. The van der Waals surface area contributed by atoms with Gasteiger partial charge in [0.2, 0.25) is 0 Å². The van der Waals surface area contributed by atoms with E-state index in [1.807, 2.05) is 0 Å². The van der Waals surface area contributed by atoms with Crippen molar-refractivity contribution in [2.24, 2.45) is 0 Å². The van der Waals surface area contributed by atoms with Crippen molar-refractivity contribution in [1.29, 1.82) is 0 Å². The smallest absolute Gasteiger partial charge is 0.303 e. The quantitative estimate of drug-likeness (QED) is 0.0275. The molecule has 0 aliphatic carbocycles. The van der Waals surface area contributed by atoms with Crippen molar-refractivity contribution in [3.05, 3.63) is 24.3 Å². The number of carboxylic acid groups (broad SMARTS) is 2. The van der Waals surface area contributed by atoms with Crippen LogP contribution < -0.4 is 0 Å². The molecule has 10 heteroatoms. The van der Waals surface area contributed by atoms with Crippen LogP contribution in [0.2, 0.25) is 0 Å². The molecule has 0 spiro atoms. The van der Waals surface area contributed by atoms with Gasteiger partial charge in [0.25, 0.3) is 0 Å². The van der Waals surface area contributed by atoms with Crippen LogP contribution in [-0.4, -0.2) is 90.4 Å². The van der Waals surface area contributed by atoms with Crippen LogP contribution in [0.3, 0.4) is 0 Å². The molecule has 0 aromatic heterocycles. The van der Waals surface area contributed by atoms with Gasteiger partial charge >= 0.3 is 11.9 Å². The molecule has 0 rings (SSSR count). The molecule has 0 aliphatic heterocycles. The first-order chi connectivity index (χ1) is 23.1. The number of aliphatic carboxylic acids is 2. The first kappa shape index (κ1) is 50.6. The Kier molecular flexibility index (Phi) is 43.6. The van der Waals surface area contributed by atoms with Gasteiger partial charge in [0.15, 0.2) is 0 Å². The van der Waals surface area contributed by atoms with Crippen LogP contribution >= 0.6 is 0 Å². The highest BCUT2D eigenvalue weighted by Crippen LogP contribution is 2.10. The van der Waals surface area contributed by atoms with Gasteiger partial charge in [-0.2, -0.15) is 0 Å². The number of hydrogen-bond donors (Lipinski definition) is 8. The molecule has 0 bridgehead atoms. The molecule has 8 N–H and O–H groups in total. The Morgan fingerprint density at radius 1 is 0.438 bits per heavy atom. The number of aliphatic hydroxyl groups excluding tert-OH is 6. The Labute approximate surface area is 292 Å². The molecule has 4 atom stereocenters. The molecule has 10 nitrogen and oxygen atoms in total. The molecule has 0 heterocycles. The molecule has 0 saturated heterocycles. The highest BCUT2D eigenvalue weighted by molar-refractivity contribution is 5.66. The summed E-state index contributed by atoms with van der Waals surface area (Å²) in [5, 5.41) is 69.1. The number of carboxylic acids is 2. The normalized spacial score (nSPS) is 13.8. The predicted octanol–water partition coefficient (Wildman–Crippen LogP) is 7.07. The lowest BCUT2D eigenvalue weighted by Crippen LogP contribution is -2.46. The van der Waals surface area contributed by atoms with E-state index < -0.39 is 49.6 Å².